The first-order valence-corrected chi connectivity index (χ1v) is 7.79. The highest BCUT2D eigenvalue weighted by Crippen LogP contribution is 2.26. The minimum absolute atomic E-state index is 0.0272. The van der Waals surface area contributed by atoms with Crippen LogP contribution >= 0.6 is 23.2 Å². The first-order valence-electron chi connectivity index (χ1n) is 7.03. The summed E-state index contributed by atoms with van der Waals surface area (Å²) in [5, 5.41) is 3.78. The number of nitrogens with zero attached hydrogens (tertiary/aromatic N) is 2. The van der Waals surface area contributed by atoms with Crippen molar-refractivity contribution in [3.63, 3.8) is 0 Å². The molecule has 22 heavy (non-hydrogen) atoms. The van der Waals surface area contributed by atoms with Gasteiger partial charge >= 0.3 is 0 Å². The van der Waals surface area contributed by atoms with Crippen molar-refractivity contribution in [2.75, 3.05) is 11.9 Å². The zero-order valence-corrected chi connectivity index (χ0v) is 13.3. The lowest BCUT2D eigenvalue weighted by molar-refractivity contribution is -0.125. The van der Waals surface area contributed by atoms with Gasteiger partial charge in [0, 0.05) is 25.0 Å². The molecule has 2 heterocycles. The number of amides is 1. The van der Waals surface area contributed by atoms with Gasteiger partial charge in [-0.3, -0.25) is 14.7 Å². The maximum atomic E-state index is 12.3. The van der Waals surface area contributed by atoms with Crippen molar-refractivity contribution in [1.82, 2.24) is 9.88 Å². The van der Waals surface area contributed by atoms with Gasteiger partial charge in [-0.25, -0.2) is 0 Å². The lowest BCUT2D eigenvalue weighted by Gasteiger charge is -2.39. The van der Waals surface area contributed by atoms with Gasteiger partial charge < -0.3 is 5.32 Å². The van der Waals surface area contributed by atoms with Gasteiger partial charge in [-0.05, 0) is 36.8 Å². The molecule has 3 rings (SSSR count). The number of halogens is 2. The fraction of sp³-hybridized carbons (Fsp3) is 0.250. The summed E-state index contributed by atoms with van der Waals surface area (Å²) in [6.07, 6.45) is 2.61. The summed E-state index contributed by atoms with van der Waals surface area (Å²) in [6.45, 7) is 1.58. The van der Waals surface area contributed by atoms with Crippen molar-refractivity contribution in [3.8, 4) is 0 Å². The lowest BCUT2D eigenvalue weighted by Crippen LogP contribution is -2.53. The van der Waals surface area contributed by atoms with Crippen LogP contribution in [0.2, 0.25) is 10.0 Å². The number of hydrogen-bond acceptors (Lipinski definition) is 3. The molecule has 0 aliphatic carbocycles. The second-order valence-electron chi connectivity index (χ2n) is 5.21. The molecule has 1 aliphatic heterocycles. The Morgan fingerprint density at radius 1 is 1.27 bits per heavy atom. The van der Waals surface area contributed by atoms with Gasteiger partial charge in [-0.2, -0.15) is 0 Å². The number of hydrogen-bond donors (Lipinski definition) is 1. The van der Waals surface area contributed by atoms with Crippen molar-refractivity contribution in [2.24, 2.45) is 0 Å². The normalized spacial score (nSPS) is 17.8. The van der Waals surface area contributed by atoms with E-state index in [9.17, 15) is 4.79 Å². The highest BCUT2D eigenvalue weighted by atomic mass is 35.5. The number of pyridine rings is 1. The van der Waals surface area contributed by atoms with Crippen molar-refractivity contribution >= 4 is 34.8 Å². The van der Waals surface area contributed by atoms with Gasteiger partial charge in [0.25, 0.3) is 0 Å². The van der Waals surface area contributed by atoms with Gasteiger partial charge in [0.05, 0.1) is 21.8 Å². The van der Waals surface area contributed by atoms with Gasteiger partial charge in [0.2, 0.25) is 5.91 Å². The fourth-order valence-corrected chi connectivity index (χ4v) is 2.72. The molecule has 1 saturated heterocycles. The molecule has 0 saturated carbocycles. The Bertz CT molecular complexity index is 678. The number of carbonyl (C=O) groups excluding carboxylic acids is 1. The highest BCUT2D eigenvalue weighted by molar-refractivity contribution is 6.42. The molecule has 1 unspecified atom stereocenters. The highest BCUT2D eigenvalue weighted by Gasteiger charge is 2.34. The third kappa shape index (κ3) is 3.40. The number of benzene rings is 1. The fourth-order valence-electron chi connectivity index (χ4n) is 2.43. The number of rotatable bonds is 4. The van der Waals surface area contributed by atoms with E-state index in [1.807, 2.05) is 18.2 Å². The molecule has 1 N–H and O–H groups in total. The quantitative estimate of drug-likeness (QED) is 0.928. The number of nitrogens with one attached hydrogen (secondary N) is 1. The van der Waals surface area contributed by atoms with Crippen LogP contribution in [0.3, 0.4) is 0 Å². The Hall–Kier alpha value is -1.62. The van der Waals surface area contributed by atoms with E-state index in [0.717, 1.165) is 18.7 Å². The van der Waals surface area contributed by atoms with Crippen LogP contribution in [0.15, 0.2) is 42.6 Å². The molecule has 6 heteroatoms. The number of anilines is 1. The molecule has 4 nitrogen and oxygen atoms in total. The van der Waals surface area contributed by atoms with E-state index >= 15 is 0 Å². The zero-order valence-electron chi connectivity index (χ0n) is 11.8. The van der Waals surface area contributed by atoms with E-state index in [1.165, 1.54) is 0 Å². The monoisotopic (exact) mass is 335 g/mol. The Labute approximate surface area is 139 Å². The van der Waals surface area contributed by atoms with E-state index in [4.69, 9.17) is 23.2 Å². The van der Waals surface area contributed by atoms with Crippen LogP contribution in [-0.2, 0) is 11.3 Å². The molecule has 1 fully saturated rings. The standard InChI is InChI=1S/C16H15Cl2N3O/c17-13-5-4-11(9-14(13)18)20-16(22)15-6-8-21(15)10-12-3-1-2-7-19-12/h1-5,7,9,15H,6,8,10H2,(H,20,22). The predicted octanol–water partition coefficient (Wildman–Crippen LogP) is 3.60. The second-order valence-corrected chi connectivity index (χ2v) is 6.03. The third-order valence-electron chi connectivity index (χ3n) is 3.71. The summed E-state index contributed by atoms with van der Waals surface area (Å²) in [7, 11) is 0. The summed E-state index contributed by atoms with van der Waals surface area (Å²) in [6, 6.07) is 10.7. The molecule has 0 spiro atoms. The van der Waals surface area contributed by atoms with Crippen molar-refractivity contribution < 1.29 is 4.79 Å². The van der Waals surface area contributed by atoms with Crippen LogP contribution in [-0.4, -0.2) is 28.4 Å². The molecule has 0 radical (unpaired) electrons. The minimum Gasteiger partial charge on any atom is -0.325 e. The molecule has 1 amide bonds. The van der Waals surface area contributed by atoms with Crippen LogP contribution in [0, 0.1) is 0 Å². The first-order chi connectivity index (χ1) is 10.6. The van der Waals surface area contributed by atoms with Crippen LogP contribution in [0.5, 0.6) is 0 Å². The summed E-state index contributed by atoms with van der Waals surface area (Å²) in [4.78, 5) is 18.7. The molecule has 0 bridgehead atoms. The Kier molecular flexibility index (Phi) is 4.62. The largest absolute Gasteiger partial charge is 0.325 e. The molecule has 1 aliphatic rings. The van der Waals surface area contributed by atoms with E-state index in [2.05, 4.69) is 15.2 Å². The molecule has 1 atom stereocenters. The maximum absolute atomic E-state index is 12.3. The number of carbonyl (C=O) groups is 1. The minimum atomic E-state index is -0.128. The average molecular weight is 336 g/mol. The molecule has 114 valence electrons. The molecular weight excluding hydrogens is 321 g/mol. The van der Waals surface area contributed by atoms with Gasteiger partial charge in [-0.1, -0.05) is 29.3 Å². The lowest BCUT2D eigenvalue weighted by atomic mass is 10.0. The summed E-state index contributed by atoms with van der Waals surface area (Å²) < 4.78 is 0. The van der Waals surface area contributed by atoms with Crippen molar-refractivity contribution in [3.05, 3.63) is 58.3 Å². The Morgan fingerprint density at radius 3 is 2.77 bits per heavy atom. The van der Waals surface area contributed by atoms with Gasteiger partial charge in [0.15, 0.2) is 0 Å². The van der Waals surface area contributed by atoms with Crippen LogP contribution in [0.1, 0.15) is 12.1 Å². The van der Waals surface area contributed by atoms with Crippen molar-refractivity contribution in [2.45, 2.75) is 19.0 Å². The Balaban J connectivity index is 1.61. The summed E-state index contributed by atoms with van der Waals surface area (Å²) in [5.74, 6) is -0.0272. The number of aromatic nitrogens is 1. The second kappa shape index (κ2) is 6.65. The third-order valence-corrected chi connectivity index (χ3v) is 4.45. The van der Waals surface area contributed by atoms with Crippen LogP contribution < -0.4 is 5.32 Å². The van der Waals surface area contributed by atoms with Crippen LogP contribution in [0.25, 0.3) is 0 Å². The van der Waals surface area contributed by atoms with E-state index in [-0.39, 0.29) is 11.9 Å². The van der Waals surface area contributed by atoms with Gasteiger partial charge in [0.1, 0.15) is 0 Å². The maximum Gasteiger partial charge on any atom is 0.241 e. The van der Waals surface area contributed by atoms with E-state index in [1.54, 1.807) is 24.4 Å². The molecule has 1 aromatic heterocycles. The average Bonchev–Trinajstić information content (AvgIpc) is 2.48. The zero-order chi connectivity index (χ0) is 15.5. The molecular formula is C16H15Cl2N3O. The van der Waals surface area contributed by atoms with Crippen LogP contribution in [0.4, 0.5) is 5.69 Å². The topological polar surface area (TPSA) is 45.2 Å². The predicted molar refractivity (Wildman–Crippen MR) is 88.1 cm³/mol. The molecule has 1 aromatic carbocycles. The van der Waals surface area contributed by atoms with Crippen molar-refractivity contribution in [1.29, 1.82) is 0 Å². The Morgan fingerprint density at radius 2 is 2.14 bits per heavy atom. The van der Waals surface area contributed by atoms with E-state index < -0.39 is 0 Å². The smallest absolute Gasteiger partial charge is 0.241 e. The SMILES string of the molecule is O=C(Nc1ccc(Cl)c(Cl)c1)C1CCN1Cc1ccccn1. The molecule has 2 aromatic rings. The summed E-state index contributed by atoms with van der Waals surface area (Å²) in [5.41, 5.74) is 1.62. The number of likely N-dealkylation sites (tertiary alicyclic amines) is 1. The summed E-state index contributed by atoms with van der Waals surface area (Å²) >= 11 is 11.8. The van der Waals surface area contributed by atoms with Gasteiger partial charge in [-0.15, -0.1) is 0 Å². The first kappa shape index (κ1) is 15.3. The van der Waals surface area contributed by atoms with E-state index in [0.29, 0.717) is 22.3 Å².